The van der Waals surface area contributed by atoms with Crippen LogP contribution in [0.2, 0.25) is 0 Å². The molecule has 4 heteroatoms. The summed E-state index contributed by atoms with van der Waals surface area (Å²) in [6.07, 6.45) is 3.30. The fraction of sp³-hybridized carbons (Fsp3) is 0.357. The first-order valence-electron chi connectivity index (χ1n) is 6.18. The summed E-state index contributed by atoms with van der Waals surface area (Å²) in [5.74, 6) is 1.85. The van der Waals surface area contributed by atoms with Crippen molar-refractivity contribution in [1.82, 2.24) is 14.9 Å². The predicted molar refractivity (Wildman–Crippen MR) is 72.7 cm³/mol. The monoisotopic (exact) mass is 243 g/mol. The zero-order chi connectivity index (χ0) is 12.5. The van der Waals surface area contributed by atoms with Gasteiger partial charge in [0.25, 0.3) is 0 Å². The van der Waals surface area contributed by atoms with Crippen LogP contribution in [0.25, 0.3) is 16.6 Å². The maximum absolute atomic E-state index is 5.22. The zero-order valence-corrected chi connectivity index (χ0v) is 10.7. The van der Waals surface area contributed by atoms with E-state index in [1.807, 2.05) is 18.2 Å². The number of methoxy groups -OCH3 is 1. The summed E-state index contributed by atoms with van der Waals surface area (Å²) < 4.78 is 5.22. The molecule has 4 nitrogen and oxygen atoms in total. The van der Waals surface area contributed by atoms with Crippen LogP contribution in [0, 0.1) is 0 Å². The van der Waals surface area contributed by atoms with Crippen LogP contribution in [-0.2, 0) is 0 Å². The maximum atomic E-state index is 5.22. The minimum atomic E-state index is 0.857. The average Bonchev–Trinajstić information content (AvgIpc) is 2.82. The first-order chi connectivity index (χ1) is 8.76. The molecule has 0 spiro atoms. The van der Waals surface area contributed by atoms with Crippen molar-refractivity contribution in [3.8, 4) is 5.75 Å². The lowest BCUT2D eigenvalue weighted by atomic mass is 10.1. The van der Waals surface area contributed by atoms with Gasteiger partial charge in [-0.15, -0.1) is 0 Å². The summed E-state index contributed by atoms with van der Waals surface area (Å²) >= 11 is 0. The van der Waals surface area contributed by atoms with Crippen molar-refractivity contribution in [2.75, 3.05) is 27.2 Å². The quantitative estimate of drug-likeness (QED) is 0.879. The normalized spacial score (nSPS) is 16.9. The van der Waals surface area contributed by atoms with Gasteiger partial charge in [0.2, 0.25) is 0 Å². The SMILES string of the molecule is COc1ccc2nc(C3=CCN(C)CC3)[nH]c2c1. The molecule has 0 unspecified atom stereocenters. The smallest absolute Gasteiger partial charge is 0.134 e. The Balaban J connectivity index is 1.98. The van der Waals surface area contributed by atoms with E-state index in [0.29, 0.717) is 0 Å². The van der Waals surface area contributed by atoms with E-state index in [2.05, 4.69) is 28.0 Å². The van der Waals surface area contributed by atoms with E-state index in [9.17, 15) is 0 Å². The number of aromatic amines is 1. The Labute approximate surface area is 106 Å². The highest BCUT2D eigenvalue weighted by molar-refractivity contribution is 5.80. The van der Waals surface area contributed by atoms with Gasteiger partial charge in [0, 0.05) is 19.2 Å². The number of H-pyrrole nitrogens is 1. The molecule has 0 fully saturated rings. The molecule has 0 saturated carbocycles. The second-order valence-corrected chi connectivity index (χ2v) is 4.71. The molecule has 0 radical (unpaired) electrons. The van der Waals surface area contributed by atoms with Gasteiger partial charge in [-0.25, -0.2) is 4.98 Å². The number of rotatable bonds is 2. The van der Waals surface area contributed by atoms with E-state index < -0.39 is 0 Å². The molecule has 94 valence electrons. The number of nitrogens with one attached hydrogen (secondary N) is 1. The summed E-state index contributed by atoms with van der Waals surface area (Å²) in [6.45, 7) is 2.09. The van der Waals surface area contributed by atoms with Gasteiger partial charge in [-0.1, -0.05) is 6.08 Å². The molecule has 1 N–H and O–H groups in total. The van der Waals surface area contributed by atoms with Crippen LogP contribution in [0.5, 0.6) is 5.75 Å². The van der Waals surface area contributed by atoms with Crippen molar-refractivity contribution in [2.45, 2.75) is 6.42 Å². The number of likely N-dealkylation sites (N-methyl/N-ethyl adjacent to an activating group) is 1. The van der Waals surface area contributed by atoms with Crippen molar-refractivity contribution in [3.05, 3.63) is 30.1 Å². The zero-order valence-electron chi connectivity index (χ0n) is 10.7. The van der Waals surface area contributed by atoms with Gasteiger partial charge in [-0.2, -0.15) is 0 Å². The average molecular weight is 243 g/mol. The molecule has 18 heavy (non-hydrogen) atoms. The Bertz CT molecular complexity index is 600. The molecule has 1 aliphatic rings. The molecule has 0 aliphatic carbocycles. The van der Waals surface area contributed by atoms with Crippen molar-refractivity contribution in [3.63, 3.8) is 0 Å². The van der Waals surface area contributed by atoms with Gasteiger partial charge >= 0.3 is 0 Å². The van der Waals surface area contributed by atoms with Gasteiger partial charge in [0.15, 0.2) is 0 Å². The fourth-order valence-corrected chi connectivity index (χ4v) is 2.25. The summed E-state index contributed by atoms with van der Waals surface area (Å²) in [7, 11) is 3.81. The molecule has 2 aromatic rings. The molecule has 2 heterocycles. The first kappa shape index (κ1) is 11.3. The third kappa shape index (κ3) is 1.99. The Hall–Kier alpha value is -1.81. The number of aromatic nitrogens is 2. The number of ether oxygens (including phenoxy) is 1. The lowest BCUT2D eigenvalue weighted by Gasteiger charge is -2.20. The van der Waals surface area contributed by atoms with Crippen LogP contribution >= 0.6 is 0 Å². The highest BCUT2D eigenvalue weighted by Gasteiger charge is 2.13. The van der Waals surface area contributed by atoms with Gasteiger partial charge in [-0.3, -0.25) is 0 Å². The van der Waals surface area contributed by atoms with Crippen molar-refractivity contribution < 1.29 is 4.74 Å². The molecule has 3 rings (SSSR count). The molecular formula is C14H17N3O. The van der Waals surface area contributed by atoms with Gasteiger partial charge < -0.3 is 14.6 Å². The molecule has 1 aromatic heterocycles. The van der Waals surface area contributed by atoms with Crippen molar-refractivity contribution in [1.29, 1.82) is 0 Å². The van der Waals surface area contributed by atoms with Gasteiger partial charge in [-0.05, 0) is 31.2 Å². The van der Waals surface area contributed by atoms with Gasteiger partial charge in [0.1, 0.15) is 11.6 Å². The molecule has 1 aromatic carbocycles. The molecular weight excluding hydrogens is 226 g/mol. The van der Waals surface area contributed by atoms with Crippen molar-refractivity contribution >= 4 is 16.6 Å². The molecule has 0 bridgehead atoms. The number of benzene rings is 1. The van der Waals surface area contributed by atoms with Gasteiger partial charge in [0.05, 0.1) is 18.1 Å². The van der Waals surface area contributed by atoms with E-state index in [-0.39, 0.29) is 0 Å². The topological polar surface area (TPSA) is 41.1 Å². The lowest BCUT2D eigenvalue weighted by molar-refractivity contribution is 0.369. The molecule has 0 saturated heterocycles. The van der Waals surface area contributed by atoms with Crippen LogP contribution in [0.1, 0.15) is 12.2 Å². The summed E-state index contributed by atoms with van der Waals surface area (Å²) in [6, 6.07) is 5.92. The predicted octanol–water partition coefficient (Wildman–Crippen LogP) is 2.29. The van der Waals surface area contributed by atoms with E-state index in [4.69, 9.17) is 4.74 Å². The summed E-state index contributed by atoms with van der Waals surface area (Å²) in [4.78, 5) is 10.3. The Kier molecular flexibility index (Phi) is 2.80. The maximum Gasteiger partial charge on any atom is 0.134 e. The van der Waals surface area contributed by atoms with E-state index in [1.54, 1.807) is 7.11 Å². The summed E-state index contributed by atoms with van der Waals surface area (Å²) in [5, 5.41) is 0. The molecule has 1 aliphatic heterocycles. The van der Waals surface area contributed by atoms with E-state index in [0.717, 1.165) is 42.1 Å². The number of nitrogens with zero attached hydrogens (tertiary/aromatic N) is 2. The van der Waals surface area contributed by atoms with Crippen LogP contribution in [0.3, 0.4) is 0 Å². The molecule has 0 atom stereocenters. The molecule has 0 amide bonds. The largest absolute Gasteiger partial charge is 0.497 e. The van der Waals surface area contributed by atoms with Crippen LogP contribution in [0.15, 0.2) is 24.3 Å². The van der Waals surface area contributed by atoms with E-state index >= 15 is 0 Å². The minimum absolute atomic E-state index is 0.857. The number of hydrogen-bond acceptors (Lipinski definition) is 3. The Morgan fingerprint density at radius 1 is 1.39 bits per heavy atom. The van der Waals surface area contributed by atoms with Crippen LogP contribution in [-0.4, -0.2) is 42.1 Å². The van der Waals surface area contributed by atoms with Crippen LogP contribution in [0.4, 0.5) is 0 Å². The second kappa shape index (κ2) is 4.46. The Morgan fingerprint density at radius 2 is 2.28 bits per heavy atom. The second-order valence-electron chi connectivity index (χ2n) is 4.71. The number of fused-ring (bicyclic) bond motifs is 1. The Morgan fingerprint density at radius 3 is 3.00 bits per heavy atom. The third-order valence-corrected chi connectivity index (χ3v) is 3.41. The highest BCUT2D eigenvalue weighted by atomic mass is 16.5. The fourth-order valence-electron chi connectivity index (χ4n) is 2.25. The standard InChI is InChI=1S/C14H17N3O/c1-17-7-5-10(6-8-17)14-15-12-4-3-11(18-2)9-13(12)16-14/h3-5,9H,6-8H2,1-2H3,(H,15,16). The highest BCUT2D eigenvalue weighted by Crippen LogP contribution is 2.24. The summed E-state index contributed by atoms with van der Waals surface area (Å²) in [5.41, 5.74) is 3.33. The van der Waals surface area contributed by atoms with Crippen molar-refractivity contribution in [2.24, 2.45) is 0 Å². The first-order valence-corrected chi connectivity index (χ1v) is 6.18. The number of imidazole rings is 1. The third-order valence-electron chi connectivity index (χ3n) is 3.41. The van der Waals surface area contributed by atoms with Crippen LogP contribution < -0.4 is 4.74 Å². The lowest BCUT2D eigenvalue weighted by Crippen LogP contribution is -2.23. The van der Waals surface area contributed by atoms with E-state index in [1.165, 1.54) is 5.57 Å². The minimum Gasteiger partial charge on any atom is -0.497 e. The number of hydrogen-bond donors (Lipinski definition) is 1.